The molecule has 1 aromatic rings. The van der Waals surface area contributed by atoms with Gasteiger partial charge in [-0.25, -0.2) is 18.2 Å². The van der Waals surface area contributed by atoms with Gasteiger partial charge in [-0.3, -0.25) is 0 Å². The lowest BCUT2D eigenvalue weighted by molar-refractivity contribution is 0.00451. The molecule has 6 heteroatoms. The molecule has 3 atom stereocenters. The first-order valence-electron chi connectivity index (χ1n) is 5.46. The highest BCUT2D eigenvalue weighted by Gasteiger charge is 2.47. The van der Waals surface area contributed by atoms with Gasteiger partial charge in [0, 0.05) is 5.56 Å². The van der Waals surface area contributed by atoms with Crippen LogP contribution in [0.4, 0.5) is 13.2 Å². The molecule has 1 aliphatic heterocycles. The molecular formula is C12H13F3N2O. The fraction of sp³-hybridized carbons (Fsp3) is 0.417. The molecule has 1 heterocycles. The van der Waals surface area contributed by atoms with Crippen LogP contribution in [0, 0.1) is 5.82 Å². The van der Waals surface area contributed by atoms with Gasteiger partial charge >= 0.3 is 0 Å². The molecular weight excluding hydrogens is 245 g/mol. The number of aliphatic imine (C=N–C) groups is 1. The van der Waals surface area contributed by atoms with E-state index in [9.17, 15) is 13.2 Å². The third-order valence-corrected chi connectivity index (χ3v) is 3.05. The van der Waals surface area contributed by atoms with E-state index in [1.54, 1.807) is 6.07 Å². The van der Waals surface area contributed by atoms with Crippen molar-refractivity contribution in [2.24, 2.45) is 10.7 Å². The highest BCUT2D eigenvalue weighted by Crippen LogP contribution is 2.38. The van der Waals surface area contributed by atoms with E-state index in [2.05, 4.69) is 4.99 Å². The van der Waals surface area contributed by atoms with Crippen LogP contribution in [0.3, 0.4) is 0 Å². The van der Waals surface area contributed by atoms with E-state index in [4.69, 9.17) is 10.5 Å². The molecule has 0 aliphatic carbocycles. The van der Waals surface area contributed by atoms with Crippen molar-refractivity contribution in [1.29, 1.82) is 0 Å². The van der Waals surface area contributed by atoms with Gasteiger partial charge in [0.05, 0.1) is 0 Å². The molecule has 18 heavy (non-hydrogen) atoms. The summed E-state index contributed by atoms with van der Waals surface area (Å²) in [6, 6.07) is 5.30. The summed E-state index contributed by atoms with van der Waals surface area (Å²) in [5.41, 5.74) is 3.85. The SMILES string of the molecule is C[C@]1(c2ccccc2F)N=C(N)O[C@@H](CF)[C@@H]1F. The second-order valence-corrected chi connectivity index (χ2v) is 4.29. The van der Waals surface area contributed by atoms with Crippen LogP contribution in [0.25, 0.3) is 0 Å². The molecule has 98 valence electrons. The molecule has 1 aromatic carbocycles. The Bertz CT molecular complexity index is 480. The van der Waals surface area contributed by atoms with Crippen molar-refractivity contribution in [2.75, 3.05) is 6.67 Å². The maximum absolute atomic E-state index is 14.2. The van der Waals surface area contributed by atoms with Gasteiger partial charge in [-0.1, -0.05) is 18.2 Å². The molecule has 1 aliphatic rings. The first kappa shape index (κ1) is 12.7. The Labute approximate surface area is 102 Å². The first-order chi connectivity index (χ1) is 8.49. The summed E-state index contributed by atoms with van der Waals surface area (Å²) >= 11 is 0. The highest BCUT2D eigenvalue weighted by molar-refractivity contribution is 5.73. The Morgan fingerprint density at radius 3 is 2.72 bits per heavy atom. The lowest BCUT2D eigenvalue weighted by Crippen LogP contribution is -2.50. The molecule has 0 saturated heterocycles. The Kier molecular flexibility index (Phi) is 3.19. The summed E-state index contributed by atoms with van der Waals surface area (Å²) in [7, 11) is 0. The Hall–Kier alpha value is -1.72. The standard InChI is InChI=1S/C12H13F3N2O/c1-12(7-4-2-3-5-8(7)14)10(15)9(6-13)18-11(16)17-12/h2-5,9-10H,6H2,1H3,(H2,16,17)/t9-,10-,12+/m0/s1. The van der Waals surface area contributed by atoms with E-state index in [1.165, 1.54) is 25.1 Å². The first-order valence-corrected chi connectivity index (χ1v) is 5.46. The average Bonchev–Trinajstić information content (AvgIpc) is 2.34. The molecule has 2 rings (SSSR count). The van der Waals surface area contributed by atoms with Crippen LogP contribution < -0.4 is 5.73 Å². The molecule has 0 spiro atoms. The van der Waals surface area contributed by atoms with Gasteiger partial charge in [-0.05, 0) is 13.0 Å². The molecule has 0 unspecified atom stereocenters. The zero-order valence-corrected chi connectivity index (χ0v) is 9.74. The summed E-state index contributed by atoms with van der Waals surface area (Å²) in [6.45, 7) is 0.315. The molecule has 0 aromatic heterocycles. The van der Waals surface area contributed by atoms with Crippen molar-refractivity contribution in [2.45, 2.75) is 24.7 Å². The largest absolute Gasteiger partial charge is 0.456 e. The Morgan fingerprint density at radius 2 is 2.11 bits per heavy atom. The molecule has 0 radical (unpaired) electrons. The zero-order chi connectivity index (χ0) is 13.3. The number of hydrogen-bond donors (Lipinski definition) is 1. The minimum absolute atomic E-state index is 0.0298. The highest BCUT2D eigenvalue weighted by atomic mass is 19.1. The number of hydrogen-bond acceptors (Lipinski definition) is 3. The molecule has 2 N–H and O–H groups in total. The van der Waals surface area contributed by atoms with Crippen LogP contribution in [-0.4, -0.2) is 25.0 Å². The quantitative estimate of drug-likeness (QED) is 0.882. The van der Waals surface area contributed by atoms with Crippen molar-refractivity contribution >= 4 is 6.02 Å². The summed E-state index contributed by atoms with van der Waals surface area (Å²) in [5, 5.41) is 0. The predicted octanol–water partition coefficient (Wildman–Crippen LogP) is 2.06. The van der Waals surface area contributed by atoms with Gasteiger partial charge < -0.3 is 10.5 Å². The number of alkyl halides is 2. The fourth-order valence-corrected chi connectivity index (χ4v) is 2.08. The zero-order valence-electron chi connectivity index (χ0n) is 9.74. The van der Waals surface area contributed by atoms with Crippen LogP contribution in [0.2, 0.25) is 0 Å². The van der Waals surface area contributed by atoms with Crippen molar-refractivity contribution in [3.63, 3.8) is 0 Å². The van der Waals surface area contributed by atoms with Gasteiger partial charge in [0.15, 0.2) is 12.3 Å². The second-order valence-electron chi connectivity index (χ2n) is 4.29. The monoisotopic (exact) mass is 258 g/mol. The van der Waals surface area contributed by atoms with E-state index in [0.29, 0.717) is 0 Å². The van der Waals surface area contributed by atoms with Crippen molar-refractivity contribution in [1.82, 2.24) is 0 Å². The van der Waals surface area contributed by atoms with E-state index in [1.807, 2.05) is 0 Å². The normalized spacial score (nSPS) is 31.7. The molecule has 3 nitrogen and oxygen atoms in total. The van der Waals surface area contributed by atoms with E-state index in [-0.39, 0.29) is 11.6 Å². The van der Waals surface area contributed by atoms with Gasteiger partial charge in [0.25, 0.3) is 6.02 Å². The molecule has 0 bridgehead atoms. The number of ether oxygens (including phenoxy) is 1. The summed E-state index contributed by atoms with van der Waals surface area (Å²) in [5.74, 6) is -0.612. The van der Waals surface area contributed by atoms with Crippen LogP contribution in [-0.2, 0) is 10.3 Å². The molecule has 0 saturated carbocycles. The van der Waals surface area contributed by atoms with Crippen molar-refractivity contribution in [3.05, 3.63) is 35.6 Å². The van der Waals surface area contributed by atoms with E-state index >= 15 is 0 Å². The van der Waals surface area contributed by atoms with Crippen molar-refractivity contribution < 1.29 is 17.9 Å². The number of nitrogens with two attached hydrogens (primary N) is 1. The fourth-order valence-electron chi connectivity index (χ4n) is 2.08. The minimum Gasteiger partial charge on any atom is -0.456 e. The lowest BCUT2D eigenvalue weighted by Gasteiger charge is -2.37. The van der Waals surface area contributed by atoms with E-state index < -0.39 is 30.3 Å². The topological polar surface area (TPSA) is 47.6 Å². The molecule has 0 fully saturated rings. The van der Waals surface area contributed by atoms with Crippen LogP contribution in [0.1, 0.15) is 12.5 Å². The van der Waals surface area contributed by atoms with E-state index in [0.717, 1.165) is 0 Å². The number of halogens is 3. The van der Waals surface area contributed by atoms with Gasteiger partial charge in [0.2, 0.25) is 0 Å². The number of nitrogens with zero attached hydrogens (tertiary/aromatic N) is 1. The third-order valence-electron chi connectivity index (χ3n) is 3.05. The second kappa shape index (κ2) is 4.51. The van der Waals surface area contributed by atoms with Crippen LogP contribution >= 0.6 is 0 Å². The minimum atomic E-state index is -1.81. The smallest absolute Gasteiger partial charge is 0.283 e. The Morgan fingerprint density at radius 1 is 1.44 bits per heavy atom. The Balaban J connectivity index is 2.52. The van der Waals surface area contributed by atoms with Gasteiger partial charge in [0.1, 0.15) is 18.0 Å². The number of rotatable bonds is 2. The predicted molar refractivity (Wildman–Crippen MR) is 61.1 cm³/mol. The van der Waals surface area contributed by atoms with Crippen LogP contribution in [0.5, 0.6) is 0 Å². The lowest BCUT2D eigenvalue weighted by atomic mass is 9.84. The summed E-state index contributed by atoms with van der Waals surface area (Å²) in [4.78, 5) is 3.82. The maximum atomic E-state index is 14.2. The van der Waals surface area contributed by atoms with Crippen LogP contribution in [0.15, 0.2) is 29.3 Å². The summed E-state index contributed by atoms with van der Waals surface area (Å²) in [6.07, 6.45) is -3.18. The maximum Gasteiger partial charge on any atom is 0.283 e. The number of amidine groups is 1. The molecule has 0 amide bonds. The third kappa shape index (κ3) is 1.91. The summed E-state index contributed by atoms with van der Waals surface area (Å²) < 4.78 is 45.4. The van der Waals surface area contributed by atoms with Crippen molar-refractivity contribution in [3.8, 4) is 0 Å². The van der Waals surface area contributed by atoms with Gasteiger partial charge in [-0.15, -0.1) is 0 Å². The van der Waals surface area contributed by atoms with Gasteiger partial charge in [-0.2, -0.15) is 0 Å². The average molecular weight is 258 g/mol. The number of benzene rings is 1.